The van der Waals surface area contributed by atoms with Gasteiger partial charge in [0.2, 0.25) is 6.79 Å². The zero-order chi connectivity index (χ0) is 18.7. The minimum Gasteiger partial charge on any atom is -0.454 e. The number of esters is 1. The molecule has 6 nitrogen and oxygen atoms in total. The van der Waals surface area contributed by atoms with Gasteiger partial charge in [-0.05, 0) is 24.6 Å². The molecule has 1 amide bonds. The Balaban J connectivity index is 1.63. The molecule has 1 aliphatic heterocycles. The monoisotopic (exact) mass is 375 g/mol. The third-order valence-corrected chi connectivity index (χ3v) is 4.21. The maximum atomic E-state index is 12.4. The van der Waals surface area contributed by atoms with E-state index >= 15 is 0 Å². The van der Waals surface area contributed by atoms with E-state index in [0.29, 0.717) is 18.0 Å². The number of ether oxygens (including phenoxy) is 3. The van der Waals surface area contributed by atoms with Gasteiger partial charge in [0.25, 0.3) is 5.91 Å². The summed E-state index contributed by atoms with van der Waals surface area (Å²) < 4.78 is 15.7. The van der Waals surface area contributed by atoms with E-state index in [0.717, 1.165) is 5.56 Å². The molecular formula is C19H18ClNO5. The third-order valence-electron chi connectivity index (χ3n) is 3.93. The molecule has 0 saturated carbocycles. The van der Waals surface area contributed by atoms with E-state index in [9.17, 15) is 9.59 Å². The van der Waals surface area contributed by atoms with Crippen molar-refractivity contribution in [3.8, 4) is 11.5 Å². The summed E-state index contributed by atoms with van der Waals surface area (Å²) in [6.45, 7) is 2.01. The standard InChI is InChI=1S/C19H18ClNO5/c1-12(18(22)21(2)10-13-6-4-3-5-7-13)26-19(23)14-8-15(20)17-16(9-14)24-11-25-17/h3-9,12H,10-11H2,1-2H3. The van der Waals surface area contributed by atoms with Crippen molar-refractivity contribution in [1.82, 2.24) is 4.90 Å². The van der Waals surface area contributed by atoms with Gasteiger partial charge in [-0.3, -0.25) is 4.79 Å². The lowest BCUT2D eigenvalue weighted by Crippen LogP contribution is -2.37. The molecule has 3 rings (SSSR count). The summed E-state index contributed by atoms with van der Waals surface area (Å²) in [7, 11) is 1.66. The van der Waals surface area contributed by atoms with Gasteiger partial charge < -0.3 is 19.1 Å². The molecule has 1 aliphatic rings. The topological polar surface area (TPSA) is 65.1 Å². The minimum atomic E-state index is -0.930. The average Bonchev–Trinajstić information content (AvgIpc) is 3.11. The largest absolute Gasteiger partial charge is 0.454 e. The SMILES string of the molecule is CC(OC(=O)c1cc(Cl)c2c(c1)OCO2)C(=O)N(C)Cc1ccccc1. The van der Waals surface area contributed by atoms with Gasteiger partial charge in [0, 0.05) is 13.6 Å². The molecule has 136 valence electrons. The van der Waals surface area contributed by atoms with Crippen molar-refractivity contribution in [2.45, 2.75) is 19.6 Å². The number of carbonyl (C=O) groups excluding carboxylic acids is 2. The van der Waals surface area contributed by atoms with Crippen molar-refractivity contribution in [2.75, 3.05) is 13.8 Å². The molecule has 1 unspecified atom stereocenters. The molecule has 0 radical (unpaired) electrons. The molecule has 0 bridgehead atoms. The molecule has 0 aromatic heterocycles. The van der Waals surface area contributed by atoms with E-state index < -0.39 is 12.1 Å². The highest BCUT2D eigenvalue weighted by atomic mass is 35.5. The van der Waals surface area contributed by atoms with E-state index in [1.165, 1.54) is 24.0 Å². The Bertz CT molecular complexity index is 824. The Labute approximate surface area is 156 Å². The van der Waals surface area contributed by atoms with Crippen LogP contribution in [0.25, 0.3) is 0 Å². The molecule has 1 heterocycles. The molecular weight excluding hydrogens is 358 g/mol. The fourth-order valence-corrected chi connectivity index (χ4v) is 2.88. The van der Waals surface area contributed by atoms with Crippen LogP contribution in [0.4, 0.5) is 0 Å². The predicted octanol–water partition coefficient (Wildman–Crippen LogP) is 3.27. The number of hydrogen-bond acceptors (Lipinski definition) is 5. The smallest absolute Gasteiger partial charge is 0.339 e. The average molecular weight is 376 g/mol. The zero-order valence-corrected chi connectivity index (χ0v) is 15.2. The number of halogens is 1. The van der Waals surface area contributed by atoms with Gasteiger partial charge in [-0.1, -0.05) is 41.9 Å². The maximum Gasteiger partial charge on any atom is 0.339 e. The fraction of sp³-hybridized carbons (Fsp3) is 0.263. The summed E-state index contributed by atoms with van der Waals surface area (Å²) in [5.41, 5.74) is 1.19. The summed E-state index contributed by atoms with van der Waals surface area (Å²) in [5.74, 6) is -0.173. The number of hydrogen-bond donors (Lipinski definition) is 0. The van der Waals surface area contributed by atoms with Crippen LogP contribution in [-0.2, 0) is 16.1 Å². The summed E-state index contributed by atoms with van der Waals surface area (Å²) in [6, 6.07) is 12.5. The normalized spacial score (nSPS) is 13.2. The Morgan fingerprint density at radius 1 is 1.23 bits per heavy atom. The van der Waals surface area contributed by atoms with Crippen LogP contribution in [0.15, 0.2) is 42.5 Å². The van der Waals surface area contributed by atoms with Gasteiger partial charge in [-0.15, -0.1) is 0 Å². The van der Waals surface area contributed by atoms with Gasteiger partial charge in [0.1, 0.15) is 0 Å². The Morgan fingerprint density at radius 3 is 2.69 bits per heavy atom. The van der Waals surface area contributed by atoms with Crippen LogP contribution in [0.1, 0.15) is 22.8 Å². The molecule has 26 heavy (non-hydrogen) atoms. The Hall–Kier alpha value is -2.73. The first-order valence-corrected chi connectivity index (χ1v) is 8.42. The number of likely N-dealkylation sites (N-methyl/N-ethyl adjacent to an activating group) is 1. The summed E-state index contributed by atoms with van der Waals surface area (Å²) in [5, 5.41) is 0.257. The van der Waals surface area contributed by atoms with Gasteiger partial charge in [-0.2, -0.15) is 0 Å². The second kappa shape index (κ2) is 7.66. The van der Waals surface area contributed by atoms with Crippen LogP contribution in [0.3, 0.4) is 0 Å². The molecule has 0 spiro atoms. The van der Waals surface area contributed by atoms with Crippen LogP contribution < -0.4 is 9.47 Å². The lowest BCUT2D eigenvalue weighted by atomic mass is 10.2. The maximum absolute atomic E-state index is 12.4. The van der Waals surface area contributed by atoms with Gasteiger partial charge >= 0.3 is 5.97 Å². The predicted molar refractivity (Wildman–Crippen MR) is 95.4 cm³/mol. The van der Waals surface area contributed by atoms with E-state index in [4.69, 9.17) is 25.8 Å². The number of carbonyl (C=O) groups is 2. The molecule has 0 aliphatic carbocycles. The van der Waals surface area contributed by atoms with Crippen LogP contribution >= 0.6 is 11.6 Å². The Kier molecular flexibility index (Phi) is 5.32. The lowest BCUT2D eigenvalue weighted by molar-refractivity contribution is -0.139. The highest BCUT2D eigenvalue weighted by Gasteiger charge is 2.25. The van der Waals surface area contributed by atoms with Crippen LogP contribution in [0, 0.1) is 0 Å². The first-order chi connectivity index (χ1) is 12.5. The van der Waals surface area contributed by atoms with Crippen molar-refractivity contribution < 1.29 is 23.8 Å². The molecule has 2 aromatic rings. The van der Waals surface area contributed by atoms with Gasteiger partial charge in [-0.25, -0.2) is 4.79 Å². The van der Waals surface area contributed by atoms with E-state index in [1.807, 2.05) is 30.3 Å². The second-order valence-corrected chi connectivity index (χ2v) is 6.33. The number of nitrogens with zero attached hydrogens (tertiary/aromatic N) is 1. The first kappa shape index (κ1) is 18.1. The molecule has 2 aromatic carbocycles. The van der Waals surface area contributed by atoms with Gasteiger partial charge in [0.05, 0.1) is 10.6 Å². The second-order valence-electron chi connectivity index (χ2n) is 5.92. The highest BCUT2D eigenvalue weighted by molar-refractivity contribution is 6.32. The van der Waals surface area contributed by atoms with Crippen molar-refractivity contribution in [1.29, 1.82) is 0 Å². The molecule has 0 N–H and O–H groups in total. The van der Waals surface area contributed by atoms with Gasteiger partial charge in [0.15, 0.2) is 17.6 Å². The molecule has 0 saturated heterocycles. The third kappa shape index (κ3) is 3.91. The van der Waals surface area contributed by atoms with E-state index in [2.05, 4.69) is 0 Å². The molecule has 7 heteroatoms. The lowest BCUT2D eigenvalue weighted by Gasteiger charge is -2.21. The first-order valence-electron chi connectivity index (χ1n) is 8.04. The summed E-state index contributed by atoms with van der Waals surface area (Å²) in [4.78, 5) is 26.3. The van der Waals surface area contributed by atoms with Crippen molar-refractivity contribution >= 4 is 23.5 Å². The Morgan fingerprint density at radius 2 is 1.96 bits per heavy atom. The summed E-state index contributed by atoms with van der Waals surface area (Å²) in [6.07, 6.45) is -0.930. The van der Waals surface area contributed by atoms with Crippen molar-refractivity contribution in [3.63, 3.8) is 0 Å². The number of rotatable bonds is 5. The minimum absolute atomic E-state index is 0.0483. The fourth-order valence-electron chi connectivity index (χ4n) is 2.61. The molecule has 0 fully saturated rings. The van der Waals surface area contributed by atoms with E-state index in [1.54, 1.807) is 7.05 Å². The van der Waals surface area contributed by atoms with Crippen molar-refractivity contribution in [2.24, 2.45) is 0 Å². The quantitative estimate of drug-likeness (QED) is 0.750. The van der Waals surface area contributed by atoms with Crippen LogP contribution in [0.5, 0.6) is 11.5 Å². The van der Waals surface area contributed by atoms with Crippen LogP contribution in [-0.4, -0.2) is 36.7 Å². The zero-order valence-electron chi connectivity index (χ0n) is 14.4. The number of fused-ring (bicyclic) bond motifs is 1. The van der Waals surface area contributed by atoms with E-state index in [-0.39, 0.29) is 23.3 Å². The summed E-state index contributed by atoms with van der Waals surface area (Å²) >= 11 is 6.07. The molecule has 1 atom stereocenters. The van der Waals surface area contributed by atoms with Crippen molar-refractivity contribution in [3.05, 3.63) is 58.6 Å². The number of amides is 1. The number of benzene rings is 2. The highest BCUT2D eigenvalue weighted by Crippen LogP contribution is 2.39. The van der Waals surface area contributed by atoms with Crippen LogP contribution in [0.2, 0.25) is 5.02 Å².